The molecule has 0 radical (unpaired) electrons. The van der Waals surface area contributed by atoms with E-state index in [-0.39, 0.29) is 19.5 Å². The zero-order chi connectivity index (χ0) is 13.0. The molecule has 18 heavy (non-hydrogen) atoms. The Labute approximate surface area is 134 Å². The van der Waals surface area contributed by atoms with Crippen molar-refractivity contribution < 1.29 is 29.3 Å². The van der Waals surface area contributed by atoms with Crippen molar-refractivity contribution in [3.8, 4) is 0 Å². The molecule has 0 saturated carbocycles. The van der Waals surface area contributed by atoms with Gasteiger partial charge in [-0.1, -0.05) is 64.7 Å². The van der Waals surface area contributed by atoms with Crippen LogP contribution in [0.2, 0.25) is 0 Å². The number of unbranched alkanes of at least 4 members (excludes halogenated alkanes) is 9. The Morgan fingerprint density at radius 3 is 1.61 bits per heavy atom. The minimum Gasteiger partial charge on any atom is -0.825 e. The standard InChI is InChI=1S/C12H27O2PS2.Zn/c1-2-3-4-5-6-7-8-9-10-11-12-17-15(13,14)16;/h2-12H2,1H3,(H2,13,14,16);/q;+2/p-2. The van der Waals surface area contributed by atoms with Gasteiger partial charge in [0.15, 0.2) is 0 Å². The van der Waals surface area contributed by atoms with Gasteiger partial charge in [-0.05, 0) is 12.2 Å². The van der Waals surface area contributed by atoms with E-state index in [1.807, 2.05) is 0 Å². The van der Waals surface area contributed by atoms with Crippen LogP contribution in [0, 0.1) is 0 Å². The molecule has 0 N–H and O–H groups in total. The monoisotopic (exact) mass is 360 g/mol. The topological polar surface area (TPSA) is 46.1 Å². The average molecular weight is 362 g/mol. The van der Waals surface area contributed by atoms with E-state index >= 15 is 0 Å². The third kappa shape index (κ3) is 19.9. The first-order valence-corrected chi connectivity index (χ1v) is 11.0. The van der Waals surface area contributed by atoms with Crippen LogP contribution in [0.15, 0.2) is 0 Å². The van der Waals surface area contributed by atoms with Crippen molar-refractivity contribution in [2.45, 2.75) is 71.1 Å². The Morgan fingerprint density at radius 1 is 0.833 bits per heavy atom. The van der Waals surface area contributed by atoms with Gasteiger partial charge in [-0.25, -0.2) is 0 Å². The normalized spacial score (nSPS) is 11.3. The molecule has 0 aliphatic carbocycles. The molecule has 104 valence electrons. The van der Waals surface area contributed by atoms with Crippen LogP contribution in [-0.2, 0) is 31.3 Å². The minimum absolute atomic E-state index is 0. The molecule has 0 aliphatic rings. The molecule has 0 unspecified atom stereocenters. The van der Waals surface area contributed by atoms with E-state index in [2.05, 4.69) is 18.7 Å². The van der Waals surface area contributed by atoms with Crippen LogP contribution < -0.4 is 9.79 Å². The van der Waals surface area contributed by atoms with Gasteiger partial charge in [-0.15, -0.1) is 11.8 Å². The number of hydrogen-bond donors (Lipinski definition) is 0. The van der Waals surface area contributed by atoms with Crippen molar-refractivity contribution in [2.24, 2.45) is 0 Å². The predicted octanol–water partition coefficient (Wildman–Crippen LogP) is 3.58. The molecule has 0 spiro atoms. The molecule has 0 aromatic heterocycles. The van der Waals surface area contributed by atoms with Crippen LogP contribution in [0.25, 0.3) is 0 Å². The second kappa shape index (κ2) is 14.9. The Hall–Kier alpha value is 1.54. The molecular weight excluding hydrogens is 337 g/mol. The summed E-state index contributed by atoms with van der Waals surface area (Å²) in [6, 6.07) is 0. The largest absolute Gasteiger partial charge is 2.00 e. The summed E-state index contributed by atoms with van der Waals surface area (Å²) in [4.78, 5) is 21.4. The summed E-state index contributed by atoms with van der Waals surface area (Å²) in [5.74, 6) is 0.667. The maximum absolute atomic E-state index is 10.7. The van der Waals surface area contributed by atoms with E-state index in [9.17, 15) is 9.79 Å². The van der Waals surface area contributed by atoms with Gasteiger partial charge in [0.05, 0.1) is 0 Å². The molecule has 0 heterocycles. The molecule has 0 rings (SSSR count). The molecular formula is C12H25O2PS2Zn. The molecule has 0 aliphatic heterocycles. The molecule has 0 saturated heterocycles. The fourth-order valence-corrected chi connectivity index (χ4v) is 4.05. The summed E-state index contributed by atoms with van der Waals surface area (Å²) in [6.07, 6.45) is 12.8. The Balaban J connectivity index is 0. The predicted molar refractivity (Wildman–Crippen MR) is 78.6 cm³/mol. The molecule has 0 bridgehead atoms. The Kier molecular flexibility index (Phi) is 18.1. The van der Waals surface area contributed by atoms with Crippen LogP contribution in [0.1, 0.15) is 71.1 Å². The first-order valence-electron chi connectivity index (χ1n) is 6.73. The SMILES string of the molecule is CCCCCCCCCCCCSP([O-])([O-])=S.[Zn+2]. The third-order valence-electron chi connectivity index (χ3n) is 2.75. The second-order valence-electron chi connectivity index (χ2n) is 4.46. The van der Waals surface area contributed by atoms with Crippen LogP contribution >= 0.6 is 17.1 Å². The summed E-state index contributed by atoms with van der Waals surface area (Å²) in [6.45, 7) is 2.24. The molecule has 0 aromatic carbocycles. The summed E-state index contributed by atoms with van der Waals surface area (Å²) < 4.78 is 0. The van der Waals surface area contributed by atoms with Crippen molar-refractivity contribution in [2.75, 3.05) is 5.75 Å². The van der Waals surface area contributed by atoms with Crippen molar-refractivity contribution in [1.29, 1.82) is 0 Å². The van der Waals surface area contributed by atoms with Gasteiger partial charge in [-0.3, -0.25) is 0 Å². The first kappa shape index (κ1) is 21.8. The summed E-state index contributed by atoms with van der Waals surface area (Å²) >= 11 is 5.24. The van der Waals surface area contributed by atoms with Crippen molar-refractivity contribution >= 4 is 28.9 Å². The summed E-state index contributed by atoms with van der Waals surface area (Å²) in [5.41, 5.74) is -3.49. The summed E-state index contributed by atoms with van der Waals surface area (Å²) in [5, 5.41) is 0. The molecule has 0 fully saturated rings. The zero-order valence-electron chi connectivity index (χ0n) is 11.6. The van der Waals surface area contributed by atoms with Gasteiger partial charge < -0.3 is 9.79 Å². The summed E-state index contributed by atoms with van der Waals surface area (Å²) in [7, 11) is 0. The molecule has 0 atom stereocenters. The van der Waals surface area contributed by atoms with Crippen LogP contribution in [-0.4, -0.2) is 5.75 Å². The smallest absolute Gasteiger partial charge is 0.825 e. The second-order valence-corrected chi connectivity index (χ2v) is 10.4. The van der Waals surface area contributed by atoms with Crippen molar-refractivity contribution in [3.05, 3.63) is 0 Å². The number of rotatable bonds is 12. The number of hydrogen-bond acceptors (Lipinski definition) is 4. The van der Waals surface area contributed by atoms with E-state index in [1.54, 1.807) is 0 Å². The minimum atomic E-state index is -3.49. The van der Waals surface area contributed by atoms with E-state index in [0.29, 0.717) is 5.75 Å². The van der Waals surface area contributed by atoms with E-state index in [4.69, 9.17) is 0 Å². The van der Waals surface area contributed by atoms with Gasteiger partial charge in [0.1, 0.15) is 0 Å². The maximum atomic E-state index is 10.7. The molecule has 0 amide bonds. The van der Waals surface area contributed by atoms with Crippen LogP contribution in [0.3, 0.4) is 0 Å². The van der Waals surface area contributed by atoms with Gasteiger partial charge in [-0.2, -0.15) is 17.1 Å². The maximum Gasteiger partial charge on any atom is 2.00 e. The van der Waals surface area contributed by atoms with E-state index < -0.39 is 5.69 Å². The van der Waals surface area contributed by atoms with Gasteiger partial charge in [0.2, 0.25) is 0 Å². The Bertz CT molecular complexity index is 212. The third-order valence-corrected chi connectivity index (χ3v) is 5.98. The molecule has 0 aromatic rings. The van der Waals surface area contributed by atoms with Crippen LogP contribution in [0.5, 0.6) is 0 Å². The first-order chi connectivity index (χ1) is 8.06. The van der Waals surface area contributed by atoms with Gasteiger partial charge in [0, 0.05) is 0 Å². The van der Waals surface area contributed by atoms with E-state index in [1.165, 1.54) is 51.4 Å². The quantitative estimate of drug-likeness (QED) is 0.303. The zero-order valence-corrected chi connectivity index (χ0v) is 17.1. The fourth-order valence-electron chi connectivity index (χ4n) is 1.77. The van der Waals surface area contributed by atoms with Crippen molar-refractivity contribution in [1.82, 2.24) is 0 Å². The van der Waals surface area contributed by atoms with Gasteiger partial charge >= 0.3 is 19.5 Å². The Morgan fingerprint density at radius 2 is 1.22 bits per heavy atom. The molecule has 2 nitrogen and oxygen atoms in total. The average Bonchev–Trinajstić information content (AvgIpc) is 2.24. The fraction of sp³-hybridized carbons (Fsp3) is 1.00. The molecule has 6 heteroatoms. The van der Waals surface area contributed by atoms with Gasteiger partial charge in [0.25, 0.3) is 0 Å². The van der Waals surface area contributed by atoms with Crippen molar-refractivity contribution in [3.63, 3.8) is 0 Å². The van der Waals surface area contributed by atoms with Crippen LogP contribution in [0.4, 0.5) is 0 Å². The van der Waals surface area contributed by atoms with E-state index in [0.717, 1.165) is 24.2 Å².